The number of hydrogen-bond acceptors (Lipinski definition) is 2. The van der Waals surface area contributed by atoms with E-state index in [2.05, 4.69) is 6.58 Å². The first-order valence-corrected chi connectivity index (χ1v) is 6.09. The second kappa shape index (κ2) is 7.17. The molecule has 0 spiro atoms. The maximum Gasteiger partial charge on any atom is 0.186 e. The van der Waals surface area contributed by atoms with Crippen LogP contribution in [0.5, 0.6) is 0 Å². The molecule has 0 aliphatic heterocycles. The van der Waals surface area contributed by atoms with Gasteiger partial charge in [0.15, 0.2) is 5.78 Å². The Labute approximate surface area is 114 Å². The third kappa shape index (κ3) is 4.11. The number of ketones is 1. The van der Waals surface area contributed by atoms with Crippen LogP contribution in [0.15, 0.2) is 72.5 Å². The van der Waals surface area contributed by atoms with Crippen LogP contribution in [0, 0.1) is 6.92 Å². The highest BCUT2D eigenvalue weighted by molar-refractivity contribution is 6.06. The van der Waals surface area contributed by atoms with E-state index < -0.39 is 0 Å². The average molecular weight is 253 g/mol. The van der Waals surface area contributed by atoms with Gasteiger partial charge in [0.25, 0.3) is 0 Å². The normalized spacial score (nSPS) is 12.7. The molecule has 0 heterocycles. The molecule has 1 aromatic carbocycles. The molecule has 0 bridgehead atoms. The smallest absolute Gasteiger partial charge is 0.186 e. The summed E-state index contributed by atoms with van der Waals surface area (Å²) >= 11 is 0. The summed E-state index contributed by atoms with van der Waals surface area (Å²) in [4.78, 5) is 12.2. The zero-order chi connectivity index (χ0) is 14.3. The lowest BCUT2D eigenvalue weighted by molar-refractivity contribution is 0.104. The third-order valence-corrected chi connectivity index (χ3v) is 2.79. The van der Waals surface area contributed by atoms with Crippen LogP contribution in [0.4, 0.5) is 0 Å². The highest BCUT2D eigenvalue weighted by atomic mass is 16.1. The molecule has 2 N–H and O–H groups in total. The fourth-order valence-electron chi connectivity index (χ4n) is 1.76. The van der Waals surface area contributed by atoms with Crippen LogP contribution in [0.25, 0.3) is 0 Å². The Morgan fingerprint density at radius 3 is 2.58 bits per heavy atom. The van der Waals surface area contributed by atoms with Gasteiger partial charge in [-0.15, -0.1) is 0 Å². The minimum absolute atomic E-state index is 0.00372. The summed E-state index contributed by atoms with van der Waals surface area (Å²) < 4.78 is 0. The van der Waals surface area contributed by atoms with Crippen molar-refractivity contribution in [2.75, 3.05) is 0 Å². The Bertz CT molecular complexity index is 562. The zero-order valence-corrected chi connectivity index (χ0v) is 11.4. The number of allylic oxidation sites excluding steroid dienone is 6. The number of rotatable bonds is 5. The number of aryl methyl sites for hydroxylation is 1. The topological polar surface area (TPSA) is 43.1 Å². The van der Waals surface area contributed by atoms with Crippen LogP contribution in [0.3, 0.4) is 0 Å². The van der Waals surface area contributed by atoms with Gasteiger partial charge in [0.05, 0.1) is 0 Å². The molecule has 0 aromatic heterocycles. The van der Waals surface area contributed by atoms with Crippen molar-refractivity contribution in [2.45, 2.75) is 13.8 Å². The van der Waals surface area contributed by atoms with Crippen molar-refractivity contribution in [3.05, 3.63) is 83.6 Å². The monoisotopic (exact) mass is 253 g/mol. The third-order valence-electron chi connectivity index (χ3n) is 2.79. The van der Waals surface area contributed by atoms with Gasteiger partial charge in [-0.05, 0) is 48.9 Å². The lowest BCUT2D eigenvalue weighted by atomic mass is 10.00. The van der Waals surface area contributed by atoms with Crippen molar-refractivity contribution in [3.63, 3.8) is 0 Å². The average Bonchev–Trinajstić information content (AvgIpc) is 2.38. The standard InChI is InChI=1S/C17H19NO/c1-4-7-15(10-11-18)14(3)12-17(19)16-9-6-5-8-13(16)2/h4-12H,1,18H2,2-3H3/b11-10-,14-12+,15-7+. The molecule has 0 atom stereocenters. The molecule has 0 saturated heterocycles. The molecule has 1 aromatic rings. The second-order valence-corrected chi connectivity index (χ2v) is 4.22. The Morgan fingerprint density at radius 2 is 2.00 bits per heavy atom. The number of carbonyl (C=O) groups excluding carboxylic acids is 1. The van der Waals surface area contributed by atoms with Gasteiger partial charge in [-0.3, -0.25) is 4.79 Å². The van der Waals surface area contributed by atoms with Crippen molar-refractivity contribution in [2.24, 2.45) is 5.73 Å². The fourth-order valence-corrected chi connectivity index (χ4v) is 1.76. The molecule has 1 rings (SSSR count). The molecule has 0 aliphatic carbocycles. The summed E-state index contributed by atoms with van der Waals surface area (Å²) in [6.07, 6.45) is 8.31. The molecule has 0 radical (unpaired) electrons. The largest absolute Gasteiger partial charge is 0.405 e. The van der Waals surface area contributed by atoms with Gasteiger partial charge in [-0.2, -0.15) is 0 Å². The first-order valence-electron chi connectivity index (χ1n) is 6.09. The Balaban J connectivity index is 3.08. The summed E-state index contributed by atoms with van der Waals surface area (Å²) in [5, 5.41) is 0. The van der Waals surface area contributed by atoms with E-state index in [4.69, 9.17) is 5.73 Å². The van der Waals surface area contributed by atoms with Crippen LogP contribution in [-0.2, 0) is 0 Å². The van der Waals surface area contributed by atoms with Crippen molar-refractivity contribution in [1.82, 2.24) is 0 Å². The van der Waals surface area contributed by atoms with Crippen molar-refractivity contribution in [3.8, 4) is 0 Å². The molecule has 2 nitrogen and oxygen atoms in total. The number of hydrogen-bond donors (Lipinski definition) is 1. The summed E-state index contributed by atoms with van der Waals surface area (Å²) in [5.74, 6) is -0.00372. The van der Waals surface area contributed by atoms with E-state index in [1.807, 2.05) is 44.2 Å². The summed E-state index contributed by atoms with van der Waals surface area (Å²) in [5.41, 5.74) is 8.82. The Morgan fingerprint density at radius 1 is 1.32 bits per heavy atom. The van der Waals surface area contributed by atoms with Crippen molar-refractivity contribution in [1.29, 1.82) is 0 Å². The molecule has 0 amide bonds. The molecular formula is C17H19NO. The van der Waals surface area contributed by atoms with Crippen LogP contribution in [-0.4, -0.2) is 5.78 Å². The van der Waals surface area contributed by atoms with E-state index in [1.165, 1.54) is 6.20 Å². The lowest BCUT2D eigenvalue weighted by Crippen LogP contribution is -1.99. The summed E-state index contributed by atoms with van der Waals surface area (Å²) in [7, 11) is 0. The number of benzene rings is 1. The van der Waals surface area contributed by atoms with E-state index in [1.54, 1.807) is 18.2 Å². The Kier molecular flexibility index (Phi) is 5.55. The Hall–Kier alpha value is -2.35. The van der Waals surface area contributed by atoms with Crippen LogP contribution in [0.2, 0.25) is 0 Å². The predicted molar refractivity (Wildman–Crippen MR) is 80.9 cm³/mol. The van der Waals surface area contributed by atoms with E-state index in [0.29, 0.717) is 0 Å². The summed E-state index contributed by atoms with van der Waals surface area (Å²) in [6.45, 7) is 7.46. The molecule has 2 heteroatoms. The van der Waals surface area contributed by atoms with Gasteiger partial charge in [0, 0.05) is 5.56 Å². The lowest BCUT2D eigenvalue weighted by Gasteiger charge is -2.04. The van der Waals surface area contributed by atoms with E-state index in [-0.39, 0.29) is 5.78 Å². The molecule has 0 fully saturated rings. The number of nitrogens with two attached hydrogens (primary N) is 1. The minimum atomic E-state index is -0.00372. The molecule has 0 saturated carbocycles. The SMILES string of the molecule is C=C/C=C(\C=C/N)C(/C)=C/C(=O)c1ccccc1C. The predicted octanol–water partition coefficient (Wildman–Crippen LogP) is 3.71. The fraction of sp³-hybridized carbons (Fsp3) is 0.118. The van der Waals surface area contributed by atoms with Gasteiger partial charge >= 0.3 is 0 Å². The van der Waals surface area contributed by atoms with Gasteiger partial charge in [0.2, 0.25) is 0 Å². The highest BCUT2D eigenvalue weighted by Crippen LogP contribution is 2.14. The van der Waals surface area contributed by atoms with Gasteiger partial charge in [-0.1, -0.05) is 43.0 Å². The summed E-state index contributed by atoms with van der Waals surface area (Å²) in [6, 6.07) is 7.54. The first kappa shape index (κ1) is 14.7. The quantitative estimate of drug-likeness (QED) is 0.494. The molecule has 0 aliphatic rings. The van der Waals surface area contributed by atoms with Crippen molar-refractivity contribution >= 4 is 5.78 Å². The maximum atomic E-state index is 12.2. The van der Waals surface area contributed by atoms with E-state index >= 15 is 0 Å². The molecular weight excluding hydrogens is 234 g/mol. The van der Waals surface area contributed by atoms with Crippen molar-refractivity contribution < 1.29 is 4.79 Å². The van der Waals surface area contributed by atoms with Crippen LogP contribution < -0.4 is 5.73 Å². The van der Waals surface area contributed by atoms with E-state index in [0.717, 1.165) is 22.3 Å². The molecule has 98 valence electrons. The first-order chi connectivity index (χ1) is 9.10. The van der Waals surface area contributed by atoms with Gasteiger partial charge in [-0.25, -0.2) is 0 Å². The van der Waals surface area contributed by atoms with Crippen LogP contribution in [0.1, 0.15) is 22.8 Å². The molecule has 19 heavy (non-hydrogen) atoms. The minimum Gasteiger partial charge on any atom is -0.405 e. The number of carbonyl (C=O) groups is 1. The van der Waals surface area contributed by atoms with Gasteiger partial charge in [0.1, 0.15) is 0 Å². The maximum absolute atomic E-state index is 12.2. The highest BCUT2D eigenvalue weighted by Gasteiger charge is 2.06. The van der Waals surface area contributed by atoms with E-state index in [9.17, 15) is 4.79 Å². The van der Waals surface area contributed by atoms with Gasteiger partial charge < -0.3 is 5.73 Å². The van der Waals surface area contributed by atoms with Crippen LogP contribution >= 0.6 is 0 Å². The second-order valence-electron chi connectivity index (χ2n) is 4.22. The zero-order valence-electron chi connectivity index (χ0n) is 11.4. The molecule has 0 unspecified atom stereocenters.